The van der Waals surface area contributed by atoms with Gasteiger partial charge in [-0.05, 0) is 5.56 Å². The van der Waals surface area contributed by atoms with E-state index in [1.54, 1.807) is 19.1 Å². The zero-order valence-electron chi connectivity index (χ0n) is 9.36. The third kappa shape index (κ3) is 3.96. The maximum Gasteiger partial charge on any atom is 0.238 e. The standard InChI is InChI=1S/C11H15N3OS/c1-14(2)13-10(15)7-8-3-5-9(6-4-8)11(12)16/h3-6H,7H2,1-2H3,(H2,12,16)(H,13,15). The van der Waals surface area contributed by atoms with Gasteiger partial charge in [0, 0.05) is 19.7 Å². The summed E-state index contributed by atoms with van der Waals surface area (Å²) in [5, 5.41) is 1.62. The number of hydrogen-bond donors (Lipinski definition) is 2. The van der Waals surface area contributed by atoms with Crippen LogP contribution in [0.1, 0.15) is 11.1 Å². The van der Waals surface area contributed by atoms with E-state index in [-0.39, 0.29) is 5.91 Å². The van der Waals surface area contributed by atoms with Gasteiger partial charge in [-0.2, -0.15) is 0 Å². The Morgan fingerprint density at radius 3 is 2.38 bits per heavy atom. The van der Waals surface area contributed by atoms with Gasteiger partial charge in [0.1, 0.15) is 4.99 Å². The summed E-state index contributed by atoms with van der Waals surface area (Å²) in [5.74, 6) is -0.0481. The lowest BCUT2D eigenvalue weighted by Gasteiger charge is -2.11. The molecule has 0 heterocycles. The summed E-state index contributed by atoms with van der Waals surface area (Å²) in [6.07, 6.45) is 0.343. The van der Waals surface area contributed by atoms with Crippen molar-refractivity contribution in [1.29, 1.82) is 0 Å². The number of rotatable bonds is 4. The second-order valence-corrected chi connectivity index (χ2v) is 4.11. The number of hydrogen-bond acceptors (Lipinski definition) is 3. The van der Waals surface area contributed by atoms with E-state index in [4.69, 9.17) is 18.0 Å². The lowest BCUT2D eigenvalue weighted by Crippen LogP contribution is -2.37. The lowest BCUT2D eigenvalue weighted by atomic mass is 10.1. The number of thiocarbonyl (C=S) groups is 1. The number of nitrogens with zero attached hydrogens (tertiary/aromatic N) is 1. The molecule has 0 aliphatic rings. The summed E-state index contributed by atoms with van der Waals surface area (Å²) in [7, 11) is 3.54. The average Bonchev–Trinajstić information content (AvgIpc) is 2.16. The molecule has 1 aromatic carbocycles. The fourth-order valence-corrected chi connectivity index (χ4v) is 1.40. The highest BCUT2D eigenvalue weighted by atomic mass is 32.1. The monoisotopic (exact) mass is 237 g/mol. The predicted molar refractivity (Wildman–Crippen MR) is 67.9 cm³/mol. The van der Waals surface area contributed by atoms with Gasteiger partial charge in [0.15, 0.2) is 0 Å². The van der Waals surface area contributed by atoms with E-state index < -0.39 is 0 Å². The van der Waals surface area contributed by atoms with Gasteiger partial charge in [-0.25, -0.2) is 5.01 Å². The zero-order chi connectivity index (χ0) is 12.1. The molecular weight excluding hydrogens is 222 g/mol. The van der Waals surface area contributed by atoms with E-state index in [9.17, 15) is 4.79 Å². The smallest absolute Gasteiger partial charge is 0.238 e. The number of carbonyl (C=O) groups is 1. The van der Waals surface area contributed by atoms with Crippen LogP contribution in [-0.4, -0.2) is 30.0 Å². The van der Waals surface area contributed by atoms with Crippen LogP contribution in [0.3, 0.4) is 0 Å². The fraction of sp³-hybridized carbons (Fsp3) is 0.273. The van der Waals surface area contributed by atoms with E-state index >= 15 is 0 Å². The molecule has 16 heavy (non-hydrogen) atoms. The summed E-state index contributed by atoms with van der Waals surface area (Å²) >= 11 is 4.84. The van der Waals surface area contributed by atoms with Crippen molar-refractivity contribution in [2.24, 2.45) is 5.73 Å². The van der Waals surface area contributed by atoms with Crippen molar-refractivity contribution in [3.63, 3.8) is 0 Å². The number of nitrogens with two attached hydrogens (primary N) is 1. The molecule has 0 aliphatic carbocycles. The molecule has 1 amide bonds. The molecule has 0 saturated carbocycles. The molecule has 0 spiro atoms. The van der Waals surface area contributed by atoms with Gasteiger partial charge in [0.2, 0.25) is 5.91 Å². The molecule has 0 aliphatic heterocycles. The van der Waals surface area contributed by atoms with Crippen molar-refractivity contribution < 1.29 is 4.79 Å². The summed E-state index contributed by atoms with van der Waals surface area (Å²) in [4.78, 5) is 11.8. The Balaban J connectivity index is 2.62. The van der Waals surface area contributed by atoms with Crippen molar-refractivity contribution in [2.45, 2.75) is 6.42 Å². The first-order valence-electron chi connectivity index (χ1n) is 4.84. The SMILES string of the molecule is CN(C)NC(=O)Cc1ccc(C(N)=S)cc1. The first-order chi connectivity index (χ1) is 7.49. The highest BCUT2D eigenvalue weighted by molar-refractivity contribution is 7.80. The molecule has 86 valence electrons. The topological polar surface area (TPSA) is 58.4 Å². The normalized spacial score (nSPS) is 10.2. The molecule has 0 atom stereocenters. The van der Waals surface area contributed by atoms with Gasteiger partial charge in [-0.1, -0.05) is 36.5 Å². The van der Waals surface area contributed by atoms with Crippen LogP contribution in [0.25, 0.3) is 0 Å². The number of carbonyl (C=O) groups excluding carboxylic acids is 1. The second-order valence-electron chi connectivity index (χ2n) is 3.67. The summed E-state index contributed by atoms with van der Waals surface area (Å²) in [5.41, 5.74) is 9.89. The van der Waals surface area contributed by atoms with Crippen LogP contribution in [0.5, 0.6) is 0 Å². The van der Waals surface area contributed by atoms with Crippen LogP contribution in [0.2, 0.25) is 0 Å². The van der Waals surface area contributed by atoms with Gasteiger partial charge in [0.05, 0.1) is 6.42 Å². The van der Waals surface area contributed by atoms with Gasteiger partial charge >= 0.3 is 0 Å². The Morgan fingerprint density at radius 1 is 1.38 bits per heavy atom. The zero-order valence-corrected chi connectivity index (χ0v) is 10.2. The Hall–Kier alpha value is -1.46. The number of hydrazine groups is 1. The van der Waals surface area contributed by atoms with Crippen LogP contribution < -0.4 is 11.2 Å². The van der Waals surface area contributed by atoms with Crippen LogP contribution in [-0.2, 0) is 11.2 Å². The van der Waals surface area contributed by atoms with Gasteiger partial charge in [-0.3, -0.25) is 10.2 Å². The maximum atomic E-state index is 11.4. The summed E-state index contributed by atoms with van der Waals surface area (Å²) < 4.78 is 0. The molecule has 1 rings (SSSR count). The third-order valence-electron chi connectivity index (χ3n) is 1.95. The first-order valence-corrected chi connectivity index (χ1v) is 5.25. The lowest BCUT2D eigenvalue weighted by molar-refractivity contribution is -0.124. The van der Waals surface area contributed by atoms with Crippen LogP contribution in [0.4, 0.5) is 0 Å². The van der Waals surface area contributed by atoms with E-state index in [2.05, 4.69) is 5.43 Å². The minimum Gasteiger partial charge on any atom is -0.389 e. The Labute approximate surface area is 100 Å². The minimum atomic E-state index is -0.0481. The number of nitrogens with one attached hydrogen (secondary N) is 1. The second kappa shape index (κ2) is 5.58. The molecule has 0 radical (unpaired) electrons. The van der Waals surface area contributed by atoms with Gasteiger partial charge < -0.3 is 5.73 Å². The van der Waals surface area contributed by atoms with Crippen LogP contribution in [0.15, 0.2) is 24.3 Å². The van der Waals surface area contributed by atoms with Crippen LogP contribution in [0, 0.1) is 0 Å². The third-order valence-corrected chi connectivity index (χ3v) is 2.19. The number of amides is 1. The van der Waals surface area contributed by atoms with Crippen molar-refractivity contribution >= 4 is 23.1 Å². The molecule has 0 fully saturated rings. The molecule has 0 bridgehead atoms. The van der Waals surface area contributed by atoms with Crippen molar-refractivity contribution in [1.82, 2.24) is 10.4 Å². The van der Waals surface area contributed by atoms with Crippen molar-refractivity contribution in [3.8, 4) is 0 Å². The molecular formula is C11H15N3OS. The fourth-order valence-electron chi connectivity index (χ4n) is 1.26. The molecule has 1 aromatic rings. The molecule has 0 saturated heterocycles. The predicted octanol–water partition coefficient (Wildman–Crippen LogP) is 0.456. The molecule has 4 nitrogen and oxygen atoms in total. The first kappa shape index (κ1) is 12.6. The van der Waals surface area contributed by atoms with E-state index in [0.29, 0.717) is 11.4 Å². The van der Waals surface area contributed by atoms with Gasteiger partial charge in [-0.15, -0.1) is 0 Å². The number of benzene rings is 1. The van der Waals surface area contributed by atoms with Crippen molar-refractivity contribution in [2.75, 3.05) is 14.1 Å². The molecule has 5 heteroatoms. The Morgan fingerprint density at radius 2 is 1.94 bits per heavy atom. The highest BCUT2D eigenvalue weighted by Gasteiger charge is 2.04. The maximum absolute atomic E-state index is 11.4. The van der Waals surface area contributed by atoms with E-state index in [1.165, 1.54) is 0 Å². The quantitative estimate of drug-likeness (QED) is 0.590. The summed E-state index contributed by atoms with van der Waals surface area (Å²) in [6, 6.07) is 7.34. The minimum absolute atomic E-state index is 0.0481. The average molecular weight is 237 g/mol. The molecule has 0 unspecified atom stereocenters. The van der Waals surface area contributed by atoms with E-state index in [1.807, 2.05) is 24.3 Å². The summed E-state index contributed by atoms with van der Waals surface area (Å²) in [6.45, 7) is 0. The van der Waals surface area contributed by atoms with Crippen molar-refractivity contribution in [3.05, 3.63) is 35.4 Å². The van der Waals surface area contributed by atoms with Crippen LogP contribution >= 0.6 is 12.2 Å². The molecule has 3 N–H and O–H groups in total. The Kier molecular flexibility index (Phi) is 4.39. The highest BCUT2D eigenvalue weighted by Crippen LogP contribution is 2.05. The Bertz CT molecular complexity index is 387. The molecule has 0 aromatic heterocycles. The van der Waals surface area contributed by atoms with E-state index in [0.717, 1.165) is 11.1 Å². The largest absolute Gasteiger partial charge is 0.389 e. The van der Waals surface area contributed by atoms with Gasteiger partial charge in [0.25, 0.3) is 0 Å².